The Hall–Kier alpha value is -3.13. The third-order valence-corrected chi connectivity index (χ3v) is 4.36. The molecule has 3 aromatic carbocycles. The molecule has 0 N–H and O–H groups in total. The van der Waals surface area contributed by atoms with Crippen LogP contribution in [0.1, 0.15) is 0 Å². The lowest BCUT2D eigenvalue weighted by Gasteiger charge is -2.09. The van der Waals surface area contributed by atoms with E-state index in [1.54, 1.807) is 0 Å². The van der Waals surface area contributed by atoms with E-state index in [9.17, 15) is 0 Å². The van der Waals surface area contributed by atoms with E-state index >= 15 is 0 Å². The number of benzene rings is 3. The molecule has 2 heterocycles. The van der Waals surface area contributed by atoms with Crippen LogP contribution >= 0.6 is 0 Å². The van der Waals surface area contributed by atoms with Crippen LogP contribution in [0.4, 0.5) is 0 Å². The average molecular weight is 294 g/mol. The highest BCUT2D eigenvalue weighted by atomic mass is 14.9. The highest BCUT2D eigenvalue weighted by Gasteiger charge is 2.13. The summed E-state index contributed by atoms with van der Waals surface area (Å²) >= 11 is 0. The van der Waals surface area contributed by atoms with Gasteiger partial charge in [-0.3, -0.25) is 0 Å². The van der Waals surface area contributed by atoms with Crippen molar-refractivity contribution in [2.45, 2.75) is 0 Å². The second-order valence-corrected chi connectivity index (χ2v) is 5.74. The molecule has 0 aliphatic heterocycles. The van der Waals surface area contributed by atoms with Gasteiger partial charge < -0.3 is 4.40 Å². The highest BCUT2D eigenvalue weighted by molar-refractivity contribution is 5.98. The predicted molar refractivity (Wildman–Crippen MR) is 95.6 cm³/mol. The molecule has 0 bridgehead atoms. The van der Waals surface area contributed by atoms with Gasteiger partial charge in [-0.1, -0.05) is 60.7 Å². The molecule has 0 unspecified atom stereocenters. The van der Waals surface area contributed by atoms with Crippen molar-refractivity contribution in [3.05, 3.63) is 84.9 Å². The van der Waals surface area contributed by atoms with Crippen molar-refractivity contribution in [1.29, 1.82) is 0 Å². The molecule has 0 fully saturated rings. The van der Waals surface area contributed by atoms with Crippen LogP contribution in [0.2, 0.25) is 0 Å². The first-order valence-corrected chi connectivity index (χ1v) is 7.76. The third kappa shape index (κ3) is 1.78. The molecule has 108 valence electrons. The maximum atomic E-state index is 4.95. The molecule has 0 spiro atoms. The molecule has 5 aromatic rings. The summed E-state index contributed by atoms with van der Waals surface area (Å²) in [6.45, 7) is 0. The standard InChI is InChI=1S/C21H14N2/c1-2-8-15(9-3-1)21-20-14-16-10-4-6-12-18(16)23(20)19-13-7-5-11-17(19)22-21/h1-14H. The first kappa shape index (κ1) is 12.4. The van der Waals surface area contributed by atoms with E-state index in [0.29, 0.717) is 0 Å². The summed E-state index contributed by atoms with van der Waals surface area (Å²) in [5.41, 5.74) is 6.70. The zero-order valence-electron chi connectivity index (χ0n) is 12.5. The highest BCUT2D eigenvalue weighted by Crippen LogP contribution is 2.31. The molecule has 23 heavy (non-hydrogen) atoms. The van der Waals surface area contributed by atoms with E-state index in [1.165, 1.54) is 10.9 Å². The van der Waals surface area contributed by atoms with Crippen molar-refractivity contribution < 1.29 is 0 Å². The quantitative estimate of drug-likeness (QED) is 0.409. The van der Waals surface area contributed by atoms with Gasteiger partial charge in [0.15, 0.2) is 0 Å². The molecule has 0 amide bonds. The molecule has 0 aliphatic rings. The van der Waals surface area contributed by atoms with Crippen molar-refractivity contribution >= 4 is 27.5 Å². The lowest BCUT2D eigenvalue weighted by atomic mass is 10.1. The molecular formula is C21H14N2. The topological polar surface area (TPSA) is 17.3 Å². The number of para-hydroxylation sites is 3. The van der Waals surface area contributed by atoms with Crippen LogP contribution in [0.3, 0.4) is 0 Å². The number of rotatable bonds is 1. The van der Waals surface area contributed by atoms with E-state index in [2.05, 4.69) is 77.2 Å². The summed E-state index contributed by atoms with van der Waals surface area (Å²) in [6, 6.07) is 29.5. The van der Waals surface area contributed by atoms with Crippen molar-refractivity contribution in [1.82, 2.24) is 9.38 Å². The zero-order valence-corrected chi connectivity index (χ0v) is 12.5. The number of aromatic nitrogens is 2. The maximum Gasteiger partial charge on any atom is 0.0950 e. The molecule has 0 radical (unpaired) electrons. The SMILES string of the molecule is c1ccc(-c2nc3ccccc3n3c2cc2ccccc23)cc1. The molecule has 2 aromatic heterocycles. The van der Waals surface area contributed by atoms with Crippen LogP contribution in [-0.4, -0.2) is 9.38 Å². The van der Waals surface area contributed by atoms with Crippen molar-refractivity contribution in [2.75, 3.05) is 0 Å². The van der Waals surface area contributed by atoms with Gasteiger partial charge in [-0.2, -0.15) is 0 Å². The molecule has 0 saturated carbocycles. The Balaban J connectivity index is 2.05. The van der Waals surface area contributed by atoms with Gasteiger partial charge in [0.2, 0.25) is 0 Å². The maximum absolute atomic E-state index is 4.95. The number of fused-ring (bicyclic) bond motifs is 5. The second kappa shape index (κ2) is 4.68. The van der Waals surface area contributed by atoms with E-state index in [1.807, 2.05) is 12.1 Å². The molecule has 2 nitrogen and oxygen atoms in total. The molecule has 0 atom stereocenters. The van der Waals surface area contributed by atoms with E-state index in [4.69, 9.17) is 4.98 Å². The van der Waals surface area contributed by atoms with E-state index in [-0.39, 0.29) is 0 Å². The summed E-state index contributed by atoms with van der Waals surface area (Å²) in [5.74, 6) is 0. The molecule has 0 aliphatic carbocycles. The van der Waals surface area contributed by atoms with Crippen LogP contribution in [0.25, 0.3) is 38.7 Å². The summed E-state index contributed by atoms with van der Waals surface area (Å²) in [5, 5.41) is 1.24. The number of nitrogens with zero attached hydrogens (tertiary/aromatic N) is 2. The fourth-order valence-corrected chi connectivity index (χ4v) is 3.32. The Morgan fingerprint density at radius 3 is 2.17 bits per heavy atom. The number of hydrogen-bond acceptors (Lipinski definition) is 1. The summed E-state index contributed by atoms with van der Waals surface area (Å²) in [4.78, 5) is 4.95. The lowest BCUT2D eigenvalue weighted by molar-refractivity contribution is 1.27. The van der Waals surface area contributed by atoms with Crippen LogP contribution in [-0.2, 0) is 0 Å². The first-order chi connectivity index (χ1) is 11.4. The first-order valence-electron chi connectivity index (χ1n) is 7.76. The second-order valence-electron chi connectivity index (χ2n) is 5.74. The summed E-state index contributed by atoms with van der Waals surface area (Å²) in [6.07, 6.45) is 0. The van der Waals surface area contributed by atoms with Gasteiger partial charge in [0.05, 0.1) is 27.8 Å². The smallest absolute Gasteiger partial charge is 0.0950 e. The minimum Gasteiger partial charge on any atom is -0.306 e. The Morgan fingerprint density at radius 2 is 1.30 bits per heavy atom. The van der Waals surface area contributed by atoms with Gasteiger partial charge in [-0.25, -0.2) is 4.98 Å². The molecule has 5 rings (SSSR count). The summed E-state index contributed by atoms with van der Waals surface area (Å²) < 4.78 is 2.32. The Morgan fingerprint density at radius 1 is 0.609 bits per heavy atom. The fraction of sp³-hybridized carbons (Fsp3) is 0. The minimum atomic E-state index is 1.01. The fourth-order valence-electron chi connectivity index (χ4n) is 3.32. The Kier molecular flexibility index (Phi) is 2.53. The van der Waals surface area contributed by atoms with Crippen molar-refractivity contribution in [3.63, 3.8) is 0 Å². The molecular weight excluding hydrogens is 280 g/mol. The van der Waals surface area contributed by atoms with Crippen molar-refractivity contribution in [3.8, 4) is 11.3 Å². The largest absolute Gasteiger partial charge is 0.306 e. The number of hydrogen-bond donors (Lipinski definition) is 0. The molecule has 0 saturated heterocycles. The van der Waals surface area contributed by atoms with Gasteiger partial charge >= 0.3 is 0 Å². The van der Waals surface area contributed by atoms with Gasteiger partial charge in [-0.15, -0.1) is 0 Å². The minimum absolute atomic E-state index is 1.01. The third-order valence-electron chi connectivity index (χ3n) is 4.36. The van der Waals surface area contributed by atoms with E-state index < -0.39 is 0 Å². The summed E-state index contributed by atoms with van der Waals surface area (Å²) in [7, 11) is 0. The van der Waals surface area contributed by atoms with Gasteiger partial charge in [0, 0.05) is 10.9 Å². The normalized spacial score (nSPS) is 11.5. The van der Waals surface area contributed by atoms with Crippen molar-refractivity contribution in [2.24, 2.45) is 0 Å². The lowest BCUT2D eigenvalue weighted by Crippen LogP contribution is -1.94. The zero-order chi connectivity index (χ0) is 15.2. The van der Waals surface area contributed by atoms with Crippen LogP contribution in [0, 0.1) is 0 Å². The van der Waals surface area contributed by atoms with E-state index in [0.717, 1.165) is 27.8 Å². The van der Waals surface area contributed by atoms with Crippen LogP contribution in [0.15, 0.2) is 84.9 Å². The van der Waals surface area contributed by atoms with Crippen LogP contribution < -0.4 is 0 Å². The monoisotopic (exact) mass is 294 g/mol. The molecule has 2 heteroatoms. The Labute approximate surface area is 133 Å². The van der Waals surface area contributed by atoms with Crippen LogP contribution in [0.5, 0.6) is 0 Å². The Bertz CT molecular complexity index is 1150. The predicted octanol–water partition coefficient (Wildman–Crippen LogP) is 5.31. The van der Waals surface area contributed by atoms with Gasteiger partial charge in [0.25, 0.3) is 0 Å². The average Bonchev–Trinajstić information content (AvgIpc) is 3.01. The van der Waals surface area contributed by atoms with Gasteiger partial charge in [-0.05, 0) is 24.3 Å². The van der Waals surface area contributed by atoms with Gasteiger partial charge in [0.1, 0.15) is 0 Å².